The molecule has 2 aliphatic heterocycles. The molecule has 0 aliphatic carbocycles. The van der Waals surface area contributed by atoms with Gasteiger partial charge in [0.05, 0.1) is 24.9 Å². The van der Waals surface area contributed by atoms with Crippen molar-refractivity contribution in [2.45, 2.75) is 37.0 Å². The van der Waals surface area contributed by atoms with E-state index in [4.69, 9.17) is 16.3 Å². The Bertz CT molecular complexity index is 842. The number of aromatic nitrogens is 2. The molecule has 156 valence electrons. The number of ether oxygens (including phenoxy) is 1. The van der Waals surface area contributed by atoms with Crippen molar-refractivity contribution in [1.82, 2.24) is 14.9 Å². The molecular weight excluding hydrogens is 408 g/mol. The summed E-state index contributed by atoms with van der Waals surface area (Å²) in [4.78, 5) is 23.1. The minimum Gasteiger partial charge on any atom is -0.465 e. The van der Waals surface area contributed by atoms with Crippen LogP contribution in [0.3, 0.4) is 0 Å². The summed E-state index contributed by atoms with van der Waals surface area (Å²) >= 11 is 6.19. The van der Waals surface area contributed by atoms with E-state index >= 15 is 0 Å². The summed E-state index contributed by atoms with van der Waals surface area (Å²) in [5, 5.41) is 9.19. The average molecular weight is 433 g/mol. The van der Waals surface area contributed by atoms with Gasteiger partial charge in [-0.2, -0.15) is 0 Å². The number of piperidine rings is 1. The third kappa shape index (κ3) is 3.90. The molecular formula is C17H25ClN4O5S. The fourth-order valence-electron chi connectivity index (χ4n) is 3.96. The van der Waals surface area contributed by atoms with Crippen molar-refractivity contribution in [2.24, 2.45) is 0 Å². The number of likely N-dealkylation sites (tertiary alicyclic amines) is 1. The van der Waals surface area contributed by atoms with Gasteiger partial charge in [-0.15, -0.1) is 0 Å². The minimum absolute atomic E-state index is 0.0162. The van der Waals surface area contributed by atoms with Crippen LogP contribution in [0.25, 0.3) is 0 Å². The molecule has 2 aliphatic rings. The maximum Gasteiger partial charge on any atom is 0.407 e. The van der Waals surface area contributed by atoms with Gasteiger partial charge in [-0.1, -0.05) is 6.92 Å². The van der Waals surface area contributed by atoms with E-state index in [-0.39, 0.29) is 37.3 Å². The largest absolute Gasteiger partial charge is 0.465 e. The van der Waals surface area contributed by atoms with Gasteiger partial charge in [0, 0.05) is 32.0 Å². The summed E-state index contributed by atoms with van der Waals surface area (Å²) in [7, 11) is -3.58. The lowest BCUT2D eigenvalue weighted by atomic mass is 9.92. The van der Waals surface area contributed by atoms with Gasteiger partial charge in [0.2, 0.25) is 5.28 Å². The fourth-order valence-corrected chi connectivity index (χ4v) is 5.54. The van der Waals surface area contributed by atoms with Crippen LogP contribution in [0, 0.1) is 0 Å². The Hall–Kier alpha value is -1.65. The average Bonchev–Trinajstić information content (AvgIpc) is 2.66. The highest BCUT2D eigenvalue weighted by Gasteiger charge is 2.47. The van der Waals surface area contributed by atoms with Crippen LogP contribution >= 0.6 is 11.6 Å². The summed E-state index contributed by atoms with van der Waals surface area (Å²) in [5.41, 5.74) is 0.330. The molecule has 1 atom stereocenters. The van der Waals surface area contributed by atoms with Crippen molar-refractivity contribution in [3.05, 3.63) is 17.0 Å². The Morgan fingerprint density at radius 3 is 2.61 bits per heavy atom. The molecule has 0 radical (unpaired) electrons. The third-order valence-corrected chi connectivity index (χ3v) is 7.90. The SMILES string of the molecule is CC[C@H]1COCCN1c1cc(C2(S(C)(=O)=O)CCN(C(=O)O)CC2)nc(Cl)n1. The van der Waals surface area contributed by atoms with Gasteiger partial charge in [0.1, 0.15) is 10.6 Å². The molecule has 0 unspecified atom stereocenters. The van der Waals surface area contributed by atoms with E-state index in [0.29, 0.717) is 31.3 Å². The maximum absolute atomic E-state index is 12.8. The van der Waals surface area contributed by atoms with Crippen LogP contribution in [0.1, 0.15) is 31.9 Å². The Kier molecular flexibility index (Phi) is 6.02. The molecule has 1 aromatic heterocycles. The van der Waals surface area contributed by atoms with Gasteiger partial charge in [-0.05, 0) is 30.9 Å². The highest BCUT2D eigenvalue weighted by Crippen LogP contribution is 2.41. The summed E-state index contributed by atoms with van der Waals surface area (Å²) in [6, 6.07) is 1.81. The summed E-state index contributed by atoms with van der Waals surface area (Å²) < 4.78 is 29.9. The predicted molar refractivity (Wildman–Crippen MR) is 105 cm³/mol. The number of morpholine rings is 1. The molecule has 0 saturated carbocycles. The first-order valence-corrected chi connectivity index (χ1v) is 11.5. The quantitative estimate of drug-likeness (QED) is 0.716. The molecule has 2 saturated heterocycles. The smallest absolute Gasteiger partial charge is 0.407 e. The molecule has 28 heavy (non-hydrogen) atoms. The molecule has 0 spiro atoms. The lowest BCUT2D eigenvalue weighted by Crippen LogP contribution is -2.49. The molecule has 1 amide bonds. The number of rotatable bonds is 4. The number of hydrogen-bond acceptors (Lipinski definition) is 7. The second-order valence-corrected chi connectivity index (χ2v) is 9.91. The van der Waals surface area contributed by atoms with E-state index in [1.165, 1.54) is 11.2 Å². The first kappa shape index (κ1) is 21.1. The van der Waals surface area contributed by atoms with Crippen LogP contribution in [0.4, 0.5) is 10.6 Å². The number of halogens is 1. The standard InChI is InChI=1S/C17H25ClN4O5S/c1-3-12-11-27-9-8-22(12)14-10-13(19-15(18)20-14)17(28(2,25)26)4-6-21(7-5-17)16(23)24/h10,12H,3-9,11H2,1-2H3,(H,23,24)/t12-/m0/s1. The van der Waals surface area contributed by atoms with Gasteiger partial charge in [0.15, 0.2) is 9.84 Å². The summed E-state index contributed by atoms with van der Waals surface area (Å²) in [5.74, 6) is 0.578. The lowest BCUT2D eigenvalue weighted by molar-refractivity contribution is 0.0925. The molecule has 11 heteroatoms. The Morgan fingerprint density at radius 2 is 2.04 bits per heavy atom. The number of nitrogens with zero attached hydrogens (tertiary/aromatic N) is 4. The van der Waals surface area contributed by atoms with E-state index < -0.39 is 20.7 Å². The Labute approximate surface area is 169 Å². The minimum atomic E-state index is -3.58. The summed E-state index contributed by atoms with van der Waals surface area (Å²) in [6.07, 6.45) is 1.23. The molecule has 0 aromatic carbocycles. The van der Waals surface area contributed by atoms with Gasteiger partial charge in [-0.25, -0.2) is 23.2 Å². The Balaban J connectivity index is 2.02. The molecule has 0 bridgehead atoms. The van der Waals surface area contributed by atoms with E-state index in [2.05, 4.69) is 21.8 Å². The Morgan fingerprint density at radius 1 is 1.36 bits per heavy atom. The van der Waals surface area contributed by atoms with Gasteiger partial charge < -0.3 is 19.6 Å². The van der Waals surface area contributed by atoms with Crippen molar-refractivity contribution in [1.29, 1.82) is 0 Å². The monoisotopic (exact) mass is 432 g/mol. The third-order valence-electron chi connectivity index (χ3n) is 5.70. The van der Waals surface area contributed by atoms with Crippen molar-refractivity contribution in [3.8, 4) is 0 Å². The van der Waals surface area contributed by atoms with E-state index in [0.717, 1.165) is 6.42 Å². The second kappa shape index (κ2) is 8.00. The van der Waals surface area contributed by atoms with Crippen molar-refractivity contribution >= 4 is 33.3 Å². The number of hydrogen-bond donors (Lipinski definition) is 1. The first-order valence-electron chi connectivity index (χ1n) is 9.25. The van der Waals surface area contributed by atoms with Crippen molar-refractivity contribution in [3.63, 3.8) is 0 Å². The number of amides is 1. The van der Waals surface area contributed by atoms with Crippen molar-refractivity contribution < 1.29 is 23.1 Å². The van der Waals surface area contributed by atoms with Crippen molar-refractivity contribution in [2.75, 3.05) is 44.0 Å². The van der Waals surface area contributed by atoms with Gasteiger partial charge >= 0.3 is 6.09 Å². The van der Waals surface area contributed by atoms with Gasteiger partial charge in [-0.3, -0.25) is 0 Å². The highest BCUT2D eigenvalue weighted by atomic mass is 35.5. The normalized spacial score (nSPS) is 22.9. The van der Waals surface area contributed by atoms with E-state index in [9.17, 15) is 18.3 Å². The predicted octanol–water partition coefficient (Wildman–Crippen LogP) is 1.76. The second-order valence-electron chi connectivity index (χ2n) is 7.25. The first-order chi connectivity index (χ1) is 13.2. The maximum atomic E-state index is 12.8. The highest BCUT2D eigenvalue weighted by molar-refractivity contribution is 7.91. The fraction of sp³-hybridized carbons (Fsp3) is 0.706. The zero-order valence-corrected chi connectivity index (χ0v) is 17.5. The van der Waals surface area contributed by atoms with Crippen LogP contribution in [-0.4, -0.2) is 79.6 Å². The van der Waals surface area contributed by atoms with E-state index in [1.54, 1.807) is 6.07 Å². The van der Waals surface area contributed by atoms with Crippen LogP contribution < -0.4 is 4.90 Å². The van der Waals surface area contributed by atoms with E-state index in [1.807, 2.05) is 0 Å². The number of carboxylic acid groups (broad SMARTS) is 1. The molecule has 1 N–H and O–H groups in total. The van der Waals surface area contributed by atoms with Crippen LogP contribution in [0.2, 0.25) is 5.28 Å². The lowest BCUT2D eigenvalue weighted by Gasteiger charge is -2.40. The number of anilines is 1. The topological polar surface area (TPSA) is 113 Å². The molecule has 3 rings (SSSR count). The molecule has 1 aromatic rings. The molecule has 3 heterocycles. The zero-order valence-electron chi connectivity index (χ0n) is 16.0. The van der Waals surface area contributed by atoms with Crippen LogP contribution in [-0.2, 0) is 19.3 Å². The van der Waals surface area contributed by atoms with Gasteiger partial charge in [0.25, 0.3) is 0 Å². The van der Waals surface area contributed by atoms with Crippen LogP contribution in [0.15, 0.2) is 6.07 Å². The molecule has 9 nitrogen and oxygen atoms in total. The molecule has 2 fully saturated rings. The zero-order chi connectivity index (χ0) is 20.5. The number of sulfone groups is 1. The summed E-state index contributed by atoms with van der Waals surface area (Å²) in [6.45, 7) is 4.04. The number of carbonyl (C=O) groups is 1. The van der Waals surface area contributed by atoms with Crippen LogP contribution in [0.5, 0.6) is 0 Å².